The fraction of sp³-hybridized carbons (Fsp3) is 0.667. The van der Waals surface area contributed by atoms with E-state index >= 15 is 0 Å². The van der Waals surface area contributed by atoms with E-state index in [0.29, 0.717) is 18.2 Å². The Morgan fingerprint density at radius 2 is 2.21 bits per heavy atom. The Labute approximate surface area is 149 Å². The number of halogens is 1. The van der Waals surface area contributed by atoms with Crippen LogP contribution in [0, 0.1) is 0 Å². The van der Waals surface area contributed by atoms with Crippen LogP contribution in [0.25, 0.3) is 0 Å². The van der Waals surface area contributed by atoms with E-state index in [4.69, 9.17) is 21.1 Å². The summed E-state index contributed by atoms with van der Waals surface area (Å²) in [6.07, 6.45) is 3.92. The number of pyridine rings is 1. The van der Waals surface area contributed by atoms with Crippen LogP contribution in [-0.4, -0.2) is 40.3 Å². The molecule has 5 nitrogen and oxygen atoms in total. The molecule has 0 saturated heterocycles. The van der Waals surface area contributed by atoms with Crippen molar-refractivity contribution in [1.29, 1.82) is 0 Å². The summed E-state index contributed by atoms with van der Waals surface area (Å²) < 4.78 is 11.5. The minimum Gasteiger partial charge on any atom is -0.485 e. The van der Waals surface area contributed by atoms with Crippen molar-refractivity contribution in [3.05, 3.63) is 23.0 Å². The third-order valence-corrected chi connectivity index (χ3v) is 4.21. The van der Waals surface area contributed by atoms with Gasteiger partial charge in [-0.3, -0.25) is 0 Å². The van der Waals surface area contributed by atoms with Crippen molar-refractivity contribution in [3.63, 3.8) is 0 Å². The van der Waals surface area contributed by atoms with E-state index in [1.54, 1.807) is 11.1 Å². The van der Waals surface area contributed by atoms with E-state index in [0.717, 1.165) is 30.6 Å². The van der Waals surface area contributed by atoms with Crippen LogP contribution in [0.1, 0.15) is 53.0 Å². The molecule has 0 spiro atoms. The van der Waals surface area contributed by atoms with Gasteiger partial charge < -0.3 is 14.4 Å². The molecule has 0 fully saturated rings. The molecule has 1 atom stereocenters. The highest BCUT2D eigenvalue weighted by molar-refractivity contribution is 6.29. The lowest BCUT2D eigenvalue weighted by Crippen LogP contribution is -2.38. The van der Waals surface area contributed by atoms with E-state index in [1.807, 2.05) is 33.8 Å². The fourth-order valence-corrected chi connectivity index (χ4v) is 3.06. The Morgan fingerprint density at radius 3 is 2.83 bits per heavy atom. The maximum Gasteiger partial charge on any atom is 0.410 e. The van der Waals surface area contributed by atoms with Crippen molar-refractivity contribution in [2.75, 3.05) is 13.1 Å². The SMILES string of the molecule is CCN(CCCC1(C)Cc2cc(Cl)ncc2O1)C(=O)OC(C)(C)C. The molecule has 1 aromatic rings. The molecule has 0 aliphatic carbocycles. The molecule has 1 unspecified atom stereocenters. The molecule has 6 heteroatoms. The van der Waals surface area contributed by atoms with E-state index in [1.165, 1.54) is 0 Å². The van der Waals surface area contributed by atoms with E-state index in [-0.39, 0.29) is 11.7 Å². The number of aromatic nitrogens is 1. The standard InChI is InChI=1S/C18H27ClN2O3/c1-6-21(16(22)24-17(2,3)4)9-7-8-18(5)11-13-10-15(19)20-12-14(13)23-18/h10,12H,6-9,11H2,1-5H3. The molecule has 0 bridgehead atoms. The molecular weight excluding hydrogens is 328 g/mol. The van der Waals surface area contributed by atoms with Gasteiger partial charge in [-0.2, -0.15) is 0 Å². The van der Waals surface area contributed by atoms with Gasteiger partial charge in [0.1, 0.15) is 22.1 Å². The van der Waals surface area contributed by atoms with Gasteiger partial charge in [0.15, 0.2) is 0 Å². The predicted molar refractivity (Wildman–Crippen MR) is 94.7 cm³/mol. The summed E-state index contributed by atoms with van der Waals surface area (Å²) in [5, 5.41) is 0.490. The van der Waals surface area contributed by atoms with Crippen LogP contribution in [0.5, 0.6) is 5.75 Å². The molecule has 1 aliphatic rings. The van der Waals surface area contributed by atoms with Crippen LogP contribution in [0.15, 0.2) is 12.3 Å². The summed E-state index contributed by atoms with van der Waals surface area (Å²) in [4.78, 5) is 18.0. The number of carbonyl (C=O) groups excluding carboxylic acids is 1. The summed E-state index contributed by atoms with van der Waals surface area (Å²) in [6, 6.07) is 1.86. The highest BCUT2D eigenvalue weighted by Crippen LogP contribution is 2.37. The van der Waals surface area contributed by atoms with Gasteiger partial charge in [-0.1, -0.05) is 11.6 Å². The maximum absolute atomic E-state index is 12.2. The Kier molecular flexibility index (Phi) is 5.63. The van der Waals surface area contributed by atoms with Crippen LogP contribution < -0.4 is 4.74 Å². The van der Waals surface area contributed by atoms with Crippen LogP contribution in [0.3, 0.4) is 0 Å². The number of nitrogens with zero attached hydrogens (tertiary/aromatic N) is 2. The van der Waals surface area contributed by atoms with Crippen molar-refractivity contribution in [3.8, 4) is 5.75 Å². The molecule has 24 heavy (non-hydrogen) atoms. The third-order valence-electron chi connectivity index (χ3n) is 4.00. The van der Waals surface area contributed by atoms with Gasteiger partial charge in [0, 0.05) is 25.1 Å². The first kappa shape index (κ1) is 18.8. The number of amides is 1. The lowest BCUT2D eigenvalue weighted by molar-refractivity contribution is 0.0239. The smallest absolute Gasteiger partial charge is 0.410 e. The monoisotopic (exact) mass is 354 g/mol. The average molecular weight is 355 g/mol. The van der Waals surface area contributed by atoms with E-state index < -0.39 is 5.60 Å². The zero-order valence-electron chi connectivity index (χ0n) is 15.2. The topological polar surface area (TPSA) is 51.7 Å². The zero-order chi connectivity index (χ0) is 18.0. The lowest BCUT2D eigenvalue weighted by atomic mass is 9.94. The molecule has 134 valence electrons. The quantitative estimate of drug-likeness (QED) is 0.732. The Hall–Kier alpha value is -1.49. The van der Waals surface area contributed by atoms with Gasteiger partial charge >= 0.3 is 6.09 Å². The summed E-state index contributed by atoms with van der Waals surface area (Å²) in [6.45, 7) is 11.0. The lowest BCUT2D eigenvalue weighted by Gasteiger charge is -2.28. The van der Waals surface area contributed by atoms with Crippen LogP contribution in [0.4, 0.5) is 4.79 Å². The van der Waals surface area contributed by atoms with E-state index in [9.17, 15) is 4.79 Å². The molecule has 0 aromatic carbocycles. The van der Waals surface area contributed by atoms with Gasteiger partial charge in [0.25, 0.3) is 0 Å². The largest absolute Gasteiger partial charge is 0.485 e. The first-order chi connectivity index (χ1) is 11.1. The first-order valence-electron chi connectivity index (χ1n) is 8.43. The minimum atomic E-state index is -0.473. The first-order valence-corrected chi connectivity index (χ1v) is 8.81. The molecule has 2 rings (SSSR count). The number of fused-ring (bicyclic) bond motifs is 1. The number of ether oxygens (including phenoxy) is 2. The van der Waals surface area contributed by atoms with Crippen molar-refractivity contribution >= 4 is 17.7 Å². The number of hydrogen-bond acceptors (Lipinski definition) is 4. The van der Waals surface area contributed by atoms with Gasteiger partial charge in [0.2, 0.25) is 0 Å². The second kappa shape index (κ2) is 7.18. The van der Waals surface area contributed by atoms with Gasteiger partial charge in [-0.05, 0) is 53.5 Å². The van der Waals surface area contributed by atoms with Crippen LogP contribution >= 0.6 is 11.6 Å². The van der Waals surface area contributed by atoms with Crippen molar-refractivity contribution < 1.29 is 14.3 Å². The summed E-state index contributed by atoms with van der Waals surface area (Å²) in [7, 11) is 0. The zero-order valence-corrected chi connectivity index (χ0v) is 15.9. The van der Waals surface area contributed by atoms with Gasteiger partial charge in [-0.25, -0.2) is 9.78 Å². The Bertz CT molecular complexity index is 600. The summed E-state index contributed by atoms with van der Waals surface area (Å²) >= 11 is 5.94. The highest BCUT2D eigenvalue weighted by Gasteiger charge is 2.35. The molecule has 0 saturated carbocycles. The van der Waals surface area contributed by atoms with E-state index in [2.05, 4.69) is 11.9 Å². The Morgan fingerprint density at radius 1 is 1.50 bits per heavy atom. The van der Waals surface area contributed by atoms with Crippen LogP contribution in [0.2, 0.25) is 5.15 Å². The fourth-order valence-electron chi connectivity index (χ4n) is 2.88. The number of carbonyl (C=O) groups is 1. The number of hydrogen-bond donors (Lipinski definition) is 0. The maximum atomic E-state index is 12.2. The van der Waals surface area contributed by atoms with Crippen molar-refractivity contribution in [1.82, 2.24) is 9.88 Å². The van der Waals surface area contributed by atoms with Gasteiger partial charge in [0.05, 0.1) is 6.20 Å². The molecule has 1 aliphatic heterocycles. The molecule has 1 amide bonds. The van der Waals surface area contributed by atoms with Crippen molar-refractivity contribution in [2.45, 2.75) is 65.1 Å². The predicted octanol–water partition coefficient (Wildman–Crippen LogP) is 4.47. The average Bonchev–Trinajstić information content (AvgIpc) is 2.77. The normalized spacial score (nSPS) is 19.6. The second-order valence-electron chi connectivity index (χ2n) is 7.51. The molecule has 0 radical (unpaired) electrons. The molecule has 1 aromatic heterocycles. The summed E-state index contributed by atoms with van der Waals surface area (Å²) in [5.74, 6) is 0.807. The highest BCUT2D eigenvalue weighted by atomic mass is 35.5. The Balaban J connectivity index is 1.86. The van der Waals surface area contributed by atoms with Crippen LogP contribution in [-0.2, 0) is 11.2 Å². The summed E-state index contributed by atoms with van der Waals surface area (Å²) in [5.41, 5.74) is 0.345. The minimum absolute atomic E-state index is 0.262. The van der Waals surface area contributed by atoms with Crippen molar-refractivity contribution in [2.24, 2.45) is 0 Å². The molecule has 0 N–H and O–H groups in total. The molecule has 2 heterocycles. The van der Waals surface area contributed by atoms with Gasteiger partial charge in [-0.15, -0.1) is 0 Å². The third kappa shape index (κ3) is 5.00. The second-order valence-corrected chi connectivity index (χ2v) is 7.89. The molecular formula is C18H27ClN2O3. The number of rotatable bonds is 5.